The van der Waals surface area contributed by atoms with Crippen molar-refractivity contribution in [3.8, 4) is 11.5 Å². The molecule has 0 aliphatic heterocycles. The van der Waals surface area contributed by atoms with Crippen molar-refractivity contribution in [3.63, 3.8) is 0 Å². The number of methoxy groups -OCH3 is 1. The molecule has 0 radical (unpaired) electrons. The fourth-order valence-corrected chi connectivity index (χ4v) is 1.93. The lowest BCUT2D eigenvalue weighted by Crippen LogP contribution is -2.30. The first kappa shape index (κ1) is 18.1. The molecule has 0 aliphatic carbocycles. The van der Waals surface area contributed by atoms with Gasteiger partial charge in [-0.3, -0.25) is 4.79 Å². The first-order valence-electron chi connectivity index (χ1n) is 6.98. The van der Waals surface area contributed by atoms with Crippen LogP contribution in [0, 0.1) is 0 Å². The Balaban J connectivity index is 3.40. The van der Waals surface area contributed by atoms with Crippen LogP contribution in [0.1, 0.15) is 24.2 Å². The Morgan fingerprint density at radius 3 is 2.35 bits per heavy atom. The van der Waals surface area contributed by atoms with Gasteiger partial charge >= 0.3 is 0 Å². The van der Waals surface area contributed by atoms with Crippen molar-refractivity contribution in [1.82, 2.24) is 4.90 Å². The molecule has 0 unspecified atom stereocenters. The van der Waals surface area contributed by atoms with Gasteiger partial charge in [0.05, 0.1) is 7.11 Å². The molecule has 0 saturated heterocycles. The highest BCUT2D eigenvalue weighted by Crippen LogP contribution is 2.37. The molecule has 0 heterocycles. The Hall–Kier alpha value is -2.97. The lowest BCUT2D eigenvalue weighted by Gasteiger charge is -2.19. The van der Waals surface area contributed by atoms with Crippen molar-refractivity contribution in [2.24, 2.45) is 27.2 Å². The van der Waals surface area contributed by atoms with E-state index in [4.69, 9.17) is 21.9 Å². The van der Waals surface area contributed by atoms with Crippen molar-refractivity contribution < 1.29 is 14.6 Å². The van der Waals surface area contributed by atoms with Gasteiger partial charge in [-0.1, -0.05) is 0 Å². The van der Waals surface area contributed by atoms with E-state index < -0.39 is 0 Å². The van der Waals surface area contributed by atoms with Gasteiger partial charge in [0, 0.05) is 18.7 Å². The molecule has 0 spiro atoms. The number of aromatic hydroxyl groups is 1. The molecule has 0 bridgehead atoms. The lowest BCUT2D eigenvalue weighted by molar-refractivity contribution is 0.0772. The highest BCUT2D eigenvalue weighted by Gasteiger charge is 2.18. The first-order valence-corrected chi connectivity index (χ1v) is 6.98. The molecule has 1 amide bonds. The number of guanidine groups is 2. The maximum absolute atomic E-state index is 12.4. The summed E-state index contributed by atoms with van der Waals surface area (Å²) in [6.45, 7) is 4.84. The smallest absolute Gasteiger partial charge is 0.254 e. The molecular weight excluding hydrogens is 300 g/mol. The number of phenolic OH excluding ortho intramolecular Hbond substituents is 1. The third-order valence-electron chi connectivity index (χ3n) is 3.05. The summed E-state index contributed by atoms with van der Waals surface area (Å²) in [4.78, 5) is 21.5. The van der Waals surface area contributed by atoms with Gasteiger partial charge in [0.1, 0.15) is 5.69 Å². The number of hydrogen-bond donors (Lipinski definition) is 4. The Morgan fingerprint density at radius 2 is 1.87 bits per heavy atom. The summed E-state index contributed by atoms with van der Waals surface area (Å²) in [6, 6.07) is 2.83. The van der Waals surface area contributed by atoms with Crippen LogP contribution in [0.15, 0.2) is 22.1 Å². The van der Waals surface area contributed by atoms with E-state index in [2.05, 4.69) is 9.98 Å². The average Bonchev–Trinajstić information content (AvgIpc) is 2.49. The molecule has 9 heteroatoms. The lowest BCUT2D eigenvalue weighted by atomic mass is 10.1. The minimum atomic E-state index is -0.270. The number of carbonyl (C=O) groups is 1. The summed E-state index contributed by atoms with van der Waals surface area (Å²) in [5.74, 6) is -0.912. The number of carbonyl (C=O) groups excluding carboxylic acids is 1. The predicted octanol–water partition coefficient (Wildman–Crippen LogP) is 0.102. The van der Waals surface area contributed by atoms with Crippen LogP contribution in [0.5, 0.6) is 11.5 Å². The molecule has 0 fully saturated rings. The second-order valence-electron chi connectivity index (χ2n) is 4.53. The number of hydrogen-bond acceptors (Lipinski definition) is 4. The van der Waals surface area contributed by atoms with E-state index in [1.165, 1.54) is 19.2 Å². The zero-order valence-electron chi connectivity index (χ0n) is 13.4. The zero-order valence-corrected chi connectivity index (χ0v) is 13.4. The van der Waals surface area contributed by atoms with Crippen molar-refractivity contribution >= 4 is 23.5 Å². The summed E-state index contributed by atoms with van der Waals surface area (Å²) in [5.41, 5.74) is 16.3. The molecule has 0 atom stereocenters. The Labute approximate surface area is 134 Å². The van der Waals surface area contributed by atoms with Crippen LogP contribution in [0.4, 0.5) is 5.69 Å². The van der Waals surface area contributed by atoms with Gasteiger partial charge < -0.3 is 31.9 Å². The van der Waals surface area contributed by atoms with Crippen LogP contribution in [-0.2, 0) is 0 Å². The van der Waals surface area contributed by atoms with E-state index in [1.807, 2.05) is 13.8 Å². The van der Waals surface area contributed by atoms with Crippen LogP contribution in [-0.4, -0.2) is 48.0 Å². The van der Waals surface area contributed by atoms with Crippen LogP contribution >= 0.6 is 0 Å². The number of phenols is 1. The van der Waals surface area contributed by atoms with E-state index >= 15 is 0 Å². The maximum Gasteiger partial charge on any atom is 0.254 e. The minimum absolute atomic E-state index is 0.0300. The van der Waals surface area contributed by atoms with Gasteiger partial charge in [0.2, 0.25) is 5.96 Å². The molecule has 1 rings (SSSR count). The number of aliphatic imine (C=N–C) groups is 2. The van der Waals surface area contributed by atoms with Gasteiger partial charge in [0.25, 0.3) is 5.91 Å². The standard InChI is InChI=1S/C14H22N6O3/c1-4-20(5-2)12(22)8-6-9(11(21)10(7-8)23-3)18-14(17)19-13(15)16/h6-7,21H,4-5H2,1-3H3,(H6,15,16,17,18,19). The Bertz CT molecular complexity index is 634. The number of amides is 1. The van der Waals surface area contributed by atoms with E-state index in [1.54, 1.807) is 4.90 Å². The molecule has 7 N–H and O–H groups in total. The third kappa shape index (κ3) is 4.50. The largest absolute Gasteiger partial charge is 0.503 e. The summed E-state index contributed by atoms with van der Waals surface area (Å²) in [7, 11) is 1.37. The van der Waals surface area contributed by atoms with Crippen LogP contribution in [0.3, 0.4) is 0 Å². The first-order chi connectivity index (χ1) is 10.8. The fraction of sp³-hybridized carbons (Fsp3) is 0.357. The zero-order chi connectivity index (χ0) is 17.6. The molecule has 0 aliphatic rings. The van der Waals surface area contributed by atoms with Gasteiger partial charge in [-0.2, -0.15) is 4.99 Å². The van der Waals surface area contributed by atoms with Crippen LogP contribution in [0.25, 0.3) is 0 Å². The van der Waals surface area contributed by atoms with Crippen molar-refractivity contribution in [2.75, 3.05) is 20.2 Å². The number of nitrogens with two attached hydrogens (primary N) is 3. The second-order valence-corrected chi connectivity index (χ2v) is 4.53. The average molecular weight is 322 g/mol. The topological polar surface area (TPSA) is 153 Å². The van der Waals surface area contributed by atoms with Crippen molar-refractivity contribution in [2.45, 2.75) is 13.8 Å². The maximum atomic E-state index is 12.4. The summed E-state index contributed by atoms with van der Waals surface area (Å²) in [5, 5.41) is 10.1. The van der Waals surface area contributed by atoms with E-state index in [0.717, 1.165) is 0 Å². The SMILES string of the molecule is CCN(CC)C(=O)c1cc(N=C(N)N=C(N)N)c(O)c(OC)c1. The summed E-state index contributed by atoms with van der Waals surface area (Å²) >= 11 is 0. The second kappa shape index (κ2) is 7.87. The molecule has 1 aromatic rings. The normalized spacial score (nSPS) is 11.0. The Morgan fingerprint density at radius 1 is 1.26 bits per heavy atom. The number of rotatable bonds is 5. The fourth-order valence-electron chi connectivity index (χ4n) is 1.93. The van der Waals surface area contributed by atoms with Gasteiger partial charge in [-0.25, -0.2) is 4.99 Å². The molecule has 23 heavy (non-hydrogen) atoms. The molecule has 1 aromatic carbocycles. The number of benzene rings is 1. The van der Waals surface area contributed by atoms with Crippen molar-refractivity contribution in [3.05, 3.63) is 17.7 Å². The highest BCUT2D eigenvalue weighted by atomic mass is 16.5. The van der Waals surface area contributed by atoms with Crippen LogP contribution < -0.4 is 21.9 Å². The molecule has 0 saturated carbocycles. The van der Waals surface area contributed by atoms with Crippen molar-refractivity contribution in [1.29, 1.82) is 0 Å². The third-order valence-corrected chi connectivity index (χ3v) is 3.05. The highest BCUT2D eigenvalue weighted by molar-refractivity contribution is 5.98. The summed E-state index contributed by atoms with van der Waals surface area (Å²) < 4.78 is 5.07. The van der Waals surface area contributed by atoms with E-state index in [-0.39, 0.29) is 35.0 Å². The van der Waals surface area contributed by atoms with Gasteiger partial charge in [-0.15, -0.1) is 0 Å². The van der Waals surface area contributed by atoms with E-state index in [0.29, 0.717) is 18.7 Å². The van der Waals surface area contributed by atoms with Gasteiger partial charge in [0.15, 0.2) is 17.5 Å². The molecular formula is C14H22N6O3. The number of ether oxygens (including phenoxy) is 1. The number of nitrogens with zero attached hydrogens (tertiary/aromatic N) is 3. The van der Waals surface area contributed by atoms with Crippen LogP contribution in [0.2, 0.25) is 0 Å². The molecule has 0 aromatic heterocycles. The summed E-state index contributed by atoms with van der Waals surface area (Å²) in [6.07, 6.45) is 0. The predicted molar refractivity (Wildman–Crippen MR) is 89.0 cm³/mol. The Kier molecular flexibility index (Phi) is 6.19. The quantitative estimate of drug-likeness (QED) is 0.445. The monoisotopic (exact) mass is 322 g/mol. The molecule has 126 valence electrons. The van der Waals surface area contributed by atoms with Gasteiger partial charge in [-0.05, 0) is 26.0 Å². The minimum Gasteiger partial charge on any atom is -0.503 e. The molecule has 9 nitrogen and oxygen atoms in total. The van der Waals surface area contributed by atoms with E-state index in [9.17, 15) is 9.90 Å².